The second-order valence-corrected chi connectivity index (χ2v) is 8.69. The van der Waals surface area contributed by atoms with Crippen LogP contribution >= 0.6 is 0 Å². The largest absolute Gasteiger partial charge is 0.495 e. The summed E-state index contributed by atoms with van der Waals surface area (Å²) < 4.78 is 13.0. The van der Waals surface area contributed by atoms with Gasteiger partial charge in [-0.1, -0.05) is 49.1 Å². The molecule has 0 radical (unpaired) electrons. The van der Waals surface area contributed by atoms with Crippen LogP contribution in [0.25, 0.3) is 22.8 Å². The van der Waals surface area contributed by atoms with Crippen LogP contribution in [0.3, 0.4) is 0 Å². The molecule has 1 saturated carbocycles. The highest BCUT2D eigenvalue weighted by Gasteiger charge is 2.30. The fourth-order valence-corrected chi connectivity index (χ4v) is 4.33. The van der Waals surface area contributed by atoms with Crippen molar-refractivity contribution in [1.29, 1.82) is 0 Å². The Labute approximate surface area is 207 Å². The molecule has 2 heterocycles. The van der Waals surface area contributed by atoms with Gasteiger partial charge in [-0.05, 0) is 42.2 Å². The second kappa shape index (κ2) is 9.30. The number of nitrogens with zero attached hydrogens (tertiary/aromatic N) is 3. The Hall–Kier alpha value is -4.46. The Morgan fingerprint density at radius 2 is 1.83 bits per heavy atom. The van der Waals surface area contributed by atoms with Gasteiger partial charge in [-0.25, -0.2) is 19.1 Å². The first-order chi connectivity index (χ1) is 17.5. The molecule has 1 fully saturated rings. The lowest BCUT2D eigenvalue weighted by molar-refractivity contribution is 0.0602. The minimum atomic E-state index is -0.659. The van der Waals surface area contributed by atoms with Crippen LogP contribution in [-0.4, -0.2) is 34.3 Å². The molecule has 2 aromatic heterocycles. The van der Waals surface area contributed by atoms with E-state index in [4.69, 9.17) is 14.5 Å². The van der Waals surface area contributed by atoms with Gasteiger partial charge in [-0.2, -0.15) is 0 Å². The number of fused-ring (bicyclic) bond motifs is 1. The van der Waals surface area contributed by atoms with E-state index in [0.717, 1.165) is 28.5 Å². The van der Waals surface area contributed by atoms with Crippen LogP contribution in [0.1, 0.15) is 45.9 Å². The first-order valence-corrected chi connectivity index (χ1v) is 11.6. The number of aromatic nitrogens is 3. The summed E-state index contributed by atoms with van der Waals surface area (Å²) in [6, 6.07) is 16.0. The summed E-state index contributed by atoms with van der Waals surface area (Å²) in [5, 5.41) is 0.0273. The van der Waals surface area contributed by atoms with Crippen LogP contribution in [0.15, 0.2) is 70.8 Å². The molecule has 0 aliphatic heterocycles. The third-order valence-corrected chi connectivity index (χ3v) is 6.40. The maximum absolute atomic E-state index is 13.9. The van der Waals surface area contributed by atoms with E-state index >= 15 is 0 Å². The third kappa shape index (κ3) is 4.00. The lowest BCUT2D eigenvalue weighted by atomic mass is 10.1. The zero-order valence-corrected chi connectivity index (χ0v) is 20.1. The fourth-order valence-electron chi connectivity index (χ4n) is 4.33. The van der Waals surface area contributed by atoms with E-state index in [2.05, 4.69) is 6.58 Å². The number of rotatable bonds is 7. The van der Waals surface area contributed by atoms with Gasteiger partial charge < -0.3 is 9.47 Å². The molecule has 182 valence electrons. The van der Waals surface area contributed by atoms with Crippen LogP contribution in [-0.2, 0) is 11.3 Å². The molecule has 8 heteroatoms. The van der Waals surface area contributed by atoms with E-state index in [1.54, 1.807) is 36.4 Å². The Bertz CT molecular complexity index is 1610. The molecule has 0 unspecified atom stereocenters. The highest BCUT2D eigenvalue weighted by atomic mass is 16.5. The number of pyridine rings is 1. The summed E-state index contributed by atoms with van der Waals surface area (Å²) in [5.41, 5.74) is 1.75. The van der Waals surface area contributed by atoms with E-state index in [0.29, 0.717) is 17.1 Å². The van der Waals surface area contributed by atoms with Crippen molar-refractivity contribution < 1.29 is 14.3 Å². The van der Waals surface area contributed by atoms with E-state index in [1.165, 1.54) is 18.8 Å². The van der Waals surface area contributed by atoms with E-state index in [9.17, 15) is 14.4 Å². The smallest absolute Gasteiger partial charge is 0.338 e. The van der Waals surface area contributed by atoms with Crippen LogP contribution in [0.4, 0.5) is 0 Å². The second-order valence-electron chi connectivity index (χ2n) is 8.69. The number of hydrogen-bond donors (Lipinski definition) is 0. The van der Waals surface area contributed by atoms with Gasteiger partial charge >= 0.3 is 11.7 Å². The maximum atomic E-state index is 13.9. The first kappa shape index (κ1) is 23.3. The summed E-state index contributed by atoms with van der Waals surface area (Å²) in [4.78, 5) is 45.3. The minimum absolute atomic E-state index is 0.00513. The topological polar surface area (TPSA) is 92.4 Å². The number of benzene rings is 2. The lowest BCUT2D eigenvalue weighted by Gasteiger charge is -2.18. The average Bonchev–Trinajstić information content (AvgIpc) is 3.76. The molecule has 2 aromatic carbocycles. The van der Waals surface area contributed by atoms with Crippen molar-refractivity contribution in [2.45, 2.75) is 25.3 Å². The molecule has 0 bridgehead atoms. The molecule has 5 rings (SSSR count). The van der Waals surface area contributed by atoms with Crippen molar-refractivity contribution in [3.63, 3.8) is 0 Å². The Morgan fingerprint density at radius 1 is 1.11 bits per heavy atom. The van der Waals surface area contributed by atoms with Crippen molar-refractivity contribution in [2.75, 3.05) is 14.2 Å². The van der Waals surface area contributed by atoms with Gasteiger partial charge in [0.25, 0.3) is 5.56 Å². The molecule has 1 aliphatic carbocycles. The molecule has 0 saturated heterocycles. The predicted molar refractivity (Wildman–Crippen MR) is 137 cm³/mol. The highest BCUT2D eigenvalue weighted by molar-refractivity contribution is 6.02. The van der Waals surface area contributed by atoms with Crippen LogP contribution in [0, 0.1) is 0 Å². The van der Waals surface area contributed by atoms with Crippen LogP contribution in [0.5, 0.6) is 5.75 Å². The van der Waals surface area contributed by atoms with Crippen LogP contribution < -0.4 is 16.0 Å². The molecule has 0 spiro atoms. The predicted octanol–water partition coefficient (Wildman–Crippen LogP) is 3.91. The summed E-state index contributed by atoms with van der Waals surface area (Å²) in [6.45, 7) is 3.76. The Balaban J connectivity index is 1.88. The zero-order chi connectivity index (χ0) is 25.4. The zero-order valence-electron chi connectivity index (χ0n) is 20.1. The van der Waals surface area contributed by atoms with Gasteiger partial charge in [0.2, 0.25) is 0 Å². The number of para-hydroxylation sites is 2. The molecular formula is C28H25N3O5. The summed E-state index contributed by atoms with van der Waals surface area (Å²) >= 11 is 0. The van der Waals surface area contributed by atoms with E-state index in [1.807, 2.05) is 24.3 Å². The normalized spacial score (nSPS) is 12.9. The van der Waals surface area contributed by atoms with Gasteiger partial charge in [0.1, 0.15) is 5.75 Å². The van der Waals surface area contributed by atoms with Gasteiger partial charge in [0, 0.05) is 11.6 Å². The number of ether oxygens (including phenoxy) is 2. The number of carbonyl (C=O) groups is 1. The Kier molecular flexibility index (Phi) is 6.01. The van der Waals surface area contributed by atoms with Crippen molar-refractivity contribution in [3.05, 3.63) is 104 Å². The fraction of sp³-hybridized carbons (Fsp3) is 0.214. The lowest BCUT2D eigenvalue weighted by Crippen LogP contribution is -2.41. The molecule has 4 aromatic rings. The summed E-state index contributed by atoms with van der Waals surface area (Å²) in [6.07, 6.45) is 3.57. The third-order valence-electron chi connectivity index (χ3n) is 6.40. The standard InChI is InChI=1S/C28H25N3O5/c1-4-17-9-11-18(12-10-17)16-30-26(32)24-20(27(33)36-3)15-21(19-13-14-19)29-25(24)31(28(30)34)22-7-5-6-8-23(22)35-2/h4-12,15,19H,1,13-14,16H2,2-3H3. The number of methoxy groups -OCH3 is 2. The average molecular weight is 484 g/mol. The minimum Gasteiger partial charge on any atom is -0.495 e. The van der Waals surface area contributed by atoms with E-state index < -0.39 is 17.2 Å². The van der Waals surface area contributed by atoms with Gasteiger partial charge in [0.05, 0.1) is 37.4 Å². The van der Waals surface area contributed by atoms with Crippen molar-refractivity contribution in [3.8, 4) is 11.4 Å². The maximum Gasteiger partial charge on any atom is 0.338 e. The molecule has 1 aliphatic rings. The SMILES string of the molecule is C=Cc1ccc(Cn2c(=O)c3c(C(=O)OC)cc(C4CC4)nc3n(-c3ccccc3OC)c2=O)cc1. The van der Waals surface area contributed by atoms with Crippen molar-refractivity contribution in [2.24, 2.45) is 0 Å². The summed E-state index contributed by atoms with van der Waals surface area (Å²) in [5.74, 6) is -0.0574. The van der Waals surface area contributed by atoms with Crippen LogP contribution in [0.2, 0.25) is 0 Å². The first-order valence-electron chi connectivity index (χ1n) is 11.6. The molecule has 8 nitrogen and oxygen atoms in total. The van der Waals surface area contributed by atoms with E-state index in [-0.39, 0.29) is 29.1 Å². The highest BCUT2D eigenvalue weighted by Crippen LogP contribution is 2.40. The van der Waals surface area contributed by atoms with Gasteiger partial charge in [-0.3, -0.25) is 9.36 Å². The Morgan fingerprint density at radius 3 is 2.47 bits per heavy atom. The molecule has 0 atom stereocenters. The number of esters is 1. The van der Waals surface area contributed by atoms with Crippen molar-refractivity contribution >= 4 is 23.1 Å². The number of carbonyl (C=O) groups excluding carboxylic acids is 1. The van der Waals surface area contributed by atoms with Gasteiger partial charge in [-0.15, -0.1) is 0 Å². The molecule has 36 heavy (non-hydrogen) atoms. The molecule has 0 amide bonds. The quantitative estimate of drug-likeness (QED) is 0.370. The van der Waals surface area contributed by atoms with Crippen molar-refractivity contribution in [1.82, 2.24) is 14.1 Å². The molecule has 0 N–H and O–H groups in total. The van der Waals surface area contributed by atoms with Gasteiger partial charge in [0.15, 0.2) is 5.65 Å². The molecular weight excluding hydrogens is 458 g/mol. The summed E-state index contributed by atoms with van der Waals surface area (Å²) in [7, 11) is 2.77. The monoisotopic (exact) mass is 483 g/mol. The number of hydrogen-bond acceptors (Lipinski definition) is 6.